The molecule has 0 aliphatic heterocycles. The molecule has 8 atom stereocenters. The molecule has 0 aromatic heterocycles. The topological polar surface area (TPSA) is 63.0 Å². The first-order valence-corrected chi connectivity index (χ1v) is 11.5. The normalized spacial score (nSPS) is 43.5. The number of fused-ring (bicyclic) bond motifs is 5. The Labute approximate surface area is 240 Å². The summed E-state index contributed by atoms with van der Waals surface area (Å²) in [6.07, 6.45) is 5.52. The van der Waals surface area contributed by atoms with Crippen molar-refractivity contribution in [2.45, 2.75) is 88.5 Å². The van der Waals surface area contributed by atoms with Crippen LogP contribution in [0.4, 0.5) is 17.6 Å². The first-order chi connectivity index (χ1) is 12.7. The van der Waals surface area contributed by atoms with Gasteiger partial charge in [0.15, 0.2) is 0 Å². The van der Waals surface area contributed by atoms with Crippen molar-refractivity contribution in [2.24, 2.45) is 40.9 Å². The maximum absolute atomic E-state index is 13.2. The SMILES string of the molecule is CC12CCC3C4CCC(C(F)(F)F)CC4CCC3C1CCC2(S)CCCF.O.O.[Y].[Y]. The van der Waals surface area contributed by atoms with E-state index in [2.05, 4.69) is 6.92 Å². The fourth-order valence-electron chi connectivity index (χ4n) is 8.03. The molecule has 9 heteroatoms. The van der Waals surface area contributed by atoms with E-state index in [4.69, 9.17) is 12.6 Å². The maximum Gasteiger partial charge on any atom is 0.391 e. The molecule has 0 heterocycles. The number of thiol groups is 1. The standard InChI is InChI=1S/C22H34F4S.2H2O.2Y/c1-20-10-7-17-16-6-4-15(22(24,25)26)13-14(16)3-5-18(17)19(20)8-11-21(20,27)9-2-12-23;;;;/h14-19,27H,2-13H2,1H3;2*1H2;;. The zero-order chi connectivity index (χ0) is 19.4. The van der Waals surface area contributed by atoms with Crippen LogP contribution in [-0.4, -0.2) is 28.6 Å². The van der Waals surface area contributed by atoms with Gasteiger partial charge in [0.1, 0.15) is 0 Å². The van der Waals surface area contributed by atoms with E-state index in [1.807, 2.05) is 0 Å². The molecule has 31 heavy (non-hydrogen) atoms. The van der Waals surface area contributed by atoms with Crippen LogP contribution in [-0.2, 0) is 65.4 Å². The third kappa shape index (κ3) is 5.96. The Bertz CT molecular complexity index is 570. The minimum absolute atomic E-state index is 0. The van der Waals surface area contributed by atoms with Crippen LogP contribution in [0.3, 0.4) is 0 Å². The first kappa shape index (κ1) is 33.2. The minimum Gasteiger partial charge on any atom is -0.412 e. The molecule has 4 aliphatic carbocycles. The van der Waals surface area contributed by atoms with Crippen LogP contribution in [0.15, 0.2) is 0 Å². The van der Waals surface area contributed by atoms with Crippen LogP contribution < -0.4 is 0 Å². The van der Waals surface area contributed by atoms with Crippen LogP contribution in [0.5, 0.6) is 0 Å². The second-order valence-corrected chi connectivity index (χ2v) is 11.2. The molecule has 4 fully saturated rings. The molecule has 0 spiro atoms. The van der Waals surface area contributed by atoms with Gasteiger partial charge in [-0.05, 0) is 106 Å². The molecule has 178 valence electrons. The molecule has 0 amide bonds. The molecule has 8 unspecified atom stereocenters. The molecule has 0 saturated heterocycles. The summed E-state index contributed by atoms with van der Waals surface area (Å²) in [6, 6.07) is 0. The molecule has 0 aromatic carbocycles. The average molecular weight is 620 g/mol. The molecule has 2 radical (unpaired) electrons. The molecular weight excluding hydrogens is 582 g/mol. The average Bonchev–Trinajstić information content (AvgIpc) is 2.90. The smallest absolute Gasteiger partial charge is 0.391 e. The van der Waals surface area contributed by atoms with Gasteiger partial charge in [-0.25, -0.2) is 0 Å². The van der Waals surface area contributed by atoms with Crippen LogP contribution >= 0.6 is 12.6 Å². The van der Waals surface area contributed by atoms with Crippen molar-refractivity contribution in [1.29, 1.82) is 0 Å². The van der Waals surface area contributed by atoms with E-state index >= 15 is 0 Å². The summed E-state index contributed by atoms with van der Waals surface area (Å²) in [7, 11) is 0. The summed E-state index contributed by atoms with van der Waals surface area (Å²) in [5, 5.41) is 0. The first-order valence-electron chi connectivity index (χ1n) is 11.0. The van der Waals surface area contributed by atoms with E-state index in [0.29, 0.717) is 42.9 Å². The van der Waals surface area contributed by atoms with Crippen molar-refractivity contribution in [3.05, 3.63) is 0 Å². The summed E-state index contributed by atoms with van der Waals surface area (Å²) in [6.45, 7) is 2.12. The second-order valence-electron chi connectivity index (χ2n) is 10.3. The van der Waals surface area contributed by atoms with Gasteiger partial charge in [0.05, 0.1) is 12.6 Å². The minimum atomic E-state index is -4.01. The summed E-state index contributed by atoms with van der Waals surface area (Å²) in [5.74, 6) is 1.63. The summed E-state index contributed by atoms with van der Waals surface area (Å²) < 4.78 is 52.4. The quantitative estimate of drug-likeness (QED) is 0.317. The molecule has 0 aromatic rings. The van der Waals surface area contributed by atoms with Gasteiger partial charge in [0, 0.05) is 70.2 Å². The largest absolute Gasteiger partial charge is 0.412 e. The number of halogens is 4. The third-order valence-corrected chi connectivity index (χ3v) is 10.4. The van der Waals surface area contributed by atoms with Crippen molar-refractivity contribution < 1.29 is 93.9 Å². The van der Waals surface area contributed by atoms with Crippen molar-refractivity contribution in [1.82, 2.24) is 0 Å². The Balaban J connectivity index is 0.00000225. The van der Waals surface area contributed by atoms with Gasteiger partial charge in [-0.1, -0.05) is 6.92 Å². The molecule has 2 nitrogen and oxygen atoms in total. The van der Waals surface area contributed by atoms with E-state index < -0.39 is 12.1 Å². The van der Waals surface area contributed by atoms with Crippen LogP contribution in [0.2, 0.25) is 0 Å². The van der Waals surface area contributed by atoms with Crippen molar-refractivity contribution in [3.63, 3.8) is 0 Å². The molecule has 4 N–H and O–H groups in total. The zero-order valence-electron chi connectivity index (χ0n) is 18.6. The van der Waals surface area contributed by atoms with Crippen molar-refractivity contribution >= 4 is 12.6 Å². The van der Waals surface area contributed by atoms with E-state index in [-0.39, 0.29) is 99.1 Å². The molecule has 4 aliphatic rings. The van der Waals surface area contributed by atoms with Gasteiger partial charge in [-0.3, -0.25) is 4.39 Å². The van der Waals surface area contributed by atoms with Crippen molar-refractivity contribution in [3.8, 4) is 0 Å². The Kier molecular flexibility index (Phi) is 13.3. The van der Waals surface area contributed by atoms with E-state index in [1.165, 1.54) is 6.42 Å². The Morgan fingerprint density at radius 1 is 0.871 bits per heavy atom. The third-order valence-electron chi connectivity index (χ3n) is 9.46. The number of hydrogen-bond acceptors (Lipinski definition) is 1. The molecule has 4 saturated carbocycles. The van der Waals surface area contributed by atoms with Crippen molar-refractivity contribution in [2.75, 3.05) is 6.67 Å². The number of rotatable bonds is 3. The maximum atomic E-state index is 13.2. The van der Waals surface area contributed by atoms with Crippen LogP contribution in [0, 0.1) is 40.9 Å². The molecule has 0 bridgehead atoms. The summed E-state index contributed by atoms with van der Waals surface area (Å²) >= 11 is 5.12. The number of alkyl halides is 4. The van der Waals surface area contributed by atoms with Gasteiger partial charge in [0.25, 0.3) is 0 Å². The predicted octanol–water partition coefficient (Wildman–Crippen LogP) is 5.58. The van der Waals surface area contributed by atoms with E-state index in [0.717, 1.165) is 44.9 Å². The fourth-order valence-corrected chi connectivity index (χ4v) is 8.60. The summed E-state index contributed by atoms with van der Waals surface area (Å²) in [5.41, 5.74) is 0.169. The van der Waals surface area contributed by atoms with Gasteiger partial charge in [0.2, 0.25) is 0 Å². The van der Waals surface area contributed by atoms with Gasteiger partial charge in [-0.15, -0.1) is 0 Å². The Hall–Kier alpha value is 2.20. The molecule has 4 rings (SSSR count). The second kappa shape index (κ2) is 12.4. The Morgan fingerprint density at radius 2 is 1.52 bits per heavy atom. The zero-order valence-corrected chi connectivity index (χ0v) is 25.1. The summed E-state index contributed by atoms with van der Waals surface area (Å²) in [4.78, 5) is 0. The van der Waals surface area contributed by atoms with Gasteiger partial charge in [-0.2, -0.15) is 25.8 Å². The van der Waals surface area contributed by atoms with Crippen LogP contribution in [0.1, 0.15) is 77.6 Å². The van der Waals surface area contributed by atoms with E-state index in [1.54, 1.807) is 0 Å². The fraction of sp³-hybridized carbons (Fsp3) is 1.00. The predicted molar refractivity (Wildman–Crippen MR) is 111 cm³/mol. The Morgan fingerprint density at radius 3 is 2.13 bits per heavy atom. The number of hydrogen-bond donors (Lipinski definition) is 1. The van der Waals surface area contributed by atoms with Gasteiger partial charge >= 0.3 is 6.18 Å². The molecular formula is C22H38F4O2SY2. The van der Waals surface area contributed by atoms with Gasteiger partial charge < -0.3 is 11.0 Å². The van der Waals surface area contributed by atoms with Crippen LogP contribution in [0.25, 0.3) is 0 Å². The van der Waals surface area contributed by atoms with E-state index in [9.17, 15) is 17.6 Å². The monoisotopic (exact) mass is 620 g/mol.